The molecular formula is C20H26N4O4S. The Kier molecular flexibility index (Phi) is 5.35. The third kappa shape index (κ3) is 3.89. The Bertz CT molecular complexity index is 1010. The summed E-state index contributed by atoms with van der Waals surface area (Å²) in [5.74, 6) is -0.550. The van der Waals surface area contributed by atoms with Gasteiger partial charge in [-0.05, 0) is 66.3 Å². The fourth-order valence-electron chi connectivity index (χ4n) is 4.56. The van der Waals surface area contributed by atoms with E-state index in [1.807, 2.05) is 0 Å². The van der Waals surface area contributed by atoms with E-state index in [1.54, 1.807) is 7.05 Å². The standard InChI is InChI=1S/C20H26N4O4S/c1-23-13-16(12-21-23)24(8-9-25)29(27,28)22-20(26)11-19-17-6-2-4-14(17)10-15-5-3-7-18(15)19/h10,12-13,25H,2-9,11H2,1H3,(H,22,26). The highest BCUT2D eigenvalue weighted by Gasteiger charge is 2.28. The van der Waals surface area contributed by atoms with Crippen LogP contribution in [-0.2, 0) is 54.2 Å². The predicted octanol–water partition coefficient (Wildman–Crippen LogP) is 0.800. The first-order valence-corrected chi connectivity index (χ1v) is 11.4. The zero-order valence-electron chi connectivity index (χ0n) is 16.5. The van der Waals surface area contributed by atoms with Gasteiger partial charge in [-0.1, -0.05) is 6.07 Å². The zero-order valence-corrected chi connectivity index (χ0v) is 17.3. The lowest BCUT2D eigenvalue weighted by Crippen LogP contribution is -2.45. The minimum atomic E-state index is -4.15. The molecule has 0 aliphatic heterocycles. The summed E-state index contributed by atoms with van der Waals surface area (Å²) in [4.78, 5) is 12.8. The molecule has 0 spiro atoms. The van der Waals surface area contributed by atoms with Crippen molar-refractivity contribution in [2.24, 2.45) is 7.05 Å². The maximum Gasteiger partial charge on any atom is 0.326 e. The molecule has 1 heterocycles. The largest absolute Gasteiger partial charge is 0.394 e. The van der Waals surface area contributed by atoms with Crippen LogP contribution in [0.3, 0.4) is 0 Å². The van der Waals surface area contributed by atoms with Gasteiger partial charge in [-0.3, -0.25) is 9.48 Å². The lowest BCUT2D eigenvalue weighted by molar-refractivity contribution is -0.118. The quantitative estimate of drug-likeness (QED) is 0.692. The van der Waals surface area contributed by atoms with Gasteiger partial charge in [0.25, 0.3) is 0 Å². The number of fused-ring (bicyclic) bond motifs is 2. The molecule has 1 aromatic carbocycles. The van der Waals surface area contributed by atoms with Crippen molar-refractivity contribution < 1.29 is 18.3 Å². The number of anilines is 1. The molecule has 2 N–H and O–H groups in total. The number of hydrogen-bond acceptors (Lipinski definition) is 5. The topological polar surface area (TPSA) is 105 Å². The van der Waals surface area contributed by atoms with Gasteiger partial charge in [0.15, 0.2) is 0 Å². The molecule has 9 heteroatoms. The molecule has 1 aromatic heterocycles. The van der Waals surface area contributed by atoms with Crippen LogP contribution in [0.15, 0.2) is 18.5 Å². The second kappa shape index (κ2) is 7.79. The second-order valence-corrected chi connectivity index (χ2v) is 9.31. The monoisotopic (exact) mass is 418 g/mol. The Balaban J connectivity index is 1.57. The lowest BCUT2D eigenvalue weighted by Gasteiger charge is -2.22. The van der Waals surface area contributed by atoms with Crippen LogP contribution in [0, 0.1) is 0 Å². The average Bonchev–Trinajstić information content (AvgIpc) is 3.39. The molecule has 156 valence electrons. The van der Waals surface area contributed by atoms with Crippen molar-refractivity contribution >= 4 is 21.8 Å². The Morgan fingerprint density at radius 1 is 1.21 bits per heavy atom. The van der Waals surface area contributed by atoms with Gasteiger partial charge in [-0.2, -0.15) is 13.5 Å². The first-order valence-electron chi connectivity index (χ1n) is 9.97. The van der Waals surface area contributed by atoms with Crippen molar-refractivity contribution in [2.75, 3.05) is 17.5 Å². The van der Waals surface area contributed by atoms with E-state index in [0.717, 1.165) is 48.4 Å². The van der Waals surface area contributed by atoms with Crippen LogP contribution in [0.1, 0.15) is 40.7 Å². The summed E-state index contributed by atoms with van der Waals surface area (Å²) in [5.41, 5.74) is 6.41. The normalized spacial score (nSPS) is 15.2. The van der Waals surface area contributed by atoms with E-state index in [0.29, 0.717) is 5.69 Å². The number of carbonyl (C=O) groups is 1. The molecule has 8 nitrogen and oxygen atoms in total. The Morgan fingerprint density at radius 2 is 1.86 bits per heavy atom. The summed E-state index contributed by atoms with van der Waals surface area (Å²) in [6.07, 6.45) is 9.08. The maximum atomic E-state index is 12.8. The van der Waals surface area contributed by atoms with Gasteiger partial charge in [0, 0.05) is 13.2 Å². The minimum absolute atomic E-state index is 0.0603. The molecule has 1 amide bonds. The molecule has 0 unspecified atom stereocenters. The highest BCUT2D eigenvalue weighted by atomic mass is 32.2. The van der Waals surface area contributed by atoms with Crippen LogP contribution in [0.4, 0.5) is 5.69 Å². The summed E-state index contributed by atoms with van der Waals surface area (Å²) in [7, 11) is -2.48. The van der Waals surface area contributed by atoms with Crippen molar-refractivity contribution in [3.8, 4) is 0 Å². The molecule has 0 saturated heterocycles. The number of rotatable bonds is 7. The molecule has 0 atom stereocenters. The van der Waals surface area contributed by atoms with Gasteiger partial charge >= 0.3 is 10.2 Å². The summed E-state index contributed by atoms with van der Waals surface area (Å²) in [6.45, 7) is -0.534. The predicted molar refractivity (Wildman–Crippen MR) is 109 cm³/mol. The first-order chi connectivity index (χ1) is 13.9. The van der Waals surface area contributed by atoms with E-state index < -0.39 is 16.1 Å². The Morgan fingerprint density at radius 3 is 2.41 bits per heavy atom. The Labute approximate surface area is 170 Å². The van der Waals surface area contributed by atoms with Crippen LogP contribution < -0.4 is 9.03 Å². The van der Waals surface area contributed by atoms with Crippen molar-refractivity contribution in [3.63, 3.8) is 0 Å². The van der Waals surface area contributed by atoms with E-state index in [-0.39, 0.29) is 19.6 Å². The molecule has 2 aromatic rings. The zero-order chi connectivity index (χ0) is 20.6. The number of nitrogens with zero attached hydrogens (tertiary/aromatic N) is 3. The van der Waals surface area contributed by atoms with Crippen LogP contribution >= 0.6 is 0 Å². The molecule has 0 radical (unpaired) electrons. The molecule has 2 aliphatic carbocycles. The van der Waals surface area contributed by atoms with E-state index in [9.17, 15) is 18.3 Å². The molecule has 2 aliphatic rings. The molecular weight excluding hydrogens is 392 g/mol. The number of aryl methyl sites for hydroxylation is 3. The van der Waals surface area contributed by atoms with Gasteiger partial charge in [0.1, 0.15) is 0 Å². The molecule has 0 fully saturated rings. The van der Waals surface area contributed by atoms with E-state index in [2.05, 4.69) is 15.9 Å². The number of aromatic nitrogens is 2. The Hall–Kier alpha value is -2.39. The van der Waals surface area contributed by atoms with Crippen molar-refractivity contribution in [3.05, 3.63) is 46.3 Å². The van der Waals surface area contributed by atoms with Crippen LogP contribution in [-0.4, -0.2) is 42.4 Å². The van der Waals surface area contributed by atoms with E-state index >= 15 is 0 Å². The highest BCUT2D eigenvalue weighted by Crippen LogP contribution is 2.35. The van der Waals surface area contributed by atoms with E-state index in [1.165, 1.54) is 39.3 Å². The summed E-state index contributed by atoms with van der Waals surface area (Å²) < 4.78 is 30.3. The van der Waals surface area contributed by atoms with Gasteiger partial charge < -0.3 is 5.11 Å². The minimum Gasteiger partial charge on any atom is -0.394 e. The average molecular weight is 419 g/mol. The summed E-state index contributed by atoms with van der Waals surface area (Å²) >= 11 is 0. The molecule has 0 saturated carbocycles. The number of aliphatic hydroxyl groups is 1. The van der Waals surface area contributed by atoms with Gasteiger partial charge in [0.05, 0.1) is 31.5 Å². The number of amides is 1. The van der Waals surface area contributed by atoms with Gasteiger partial charge in [0.2, 0.25) is 5.91 Å². The molecule has 29 heavy (non-hydrogen) atoms. The maximum absolute atomic E-state index is 12.8. The van der Waals surface area contributed by atoms with E-state index in [4.69, 9.17) is 0 Å². The third-order valence-corrected chi connectivity index (χ3v) is 7.21. The highest BCUT2D eigenvalue weighted by molar-refractivity contribution is 7.91. The first kappa shape index (κ1) is 19.9. The lowest BCUT2D eigenvalue weighted by atomic mass is 9.92. The van der Waals surface area contributed by atoms with Crippen LogP contribution in [0.5, 0.6) is 0 Å². The number of hydrogen-bond donors (Lipinski definition) is 2. The number of nitrogens with one attached hydrogen (secondary N) is 1. The third-order valence-electron chi connectivity index (χ3n) is 5.75. The number of carbonyl (C=O) groups excluding carboxylic acids is 1. The second-order valence-electron chi connectivity index (χ2n) is 7.71. The number of aliphatic hydroxyl groups excluding tert-OH is 1. The van der Waals surface area contributed by atoms with Crippen LogP contribution in [0.25, 0.3) is 0 Å². The fourth-order valence-corrected chi connectivity index (χ4v) is 5.72. The number of benzene rings is 1. The van der Waals surface area contributed by atoms with Crippen molar-refractivity contribution in [1.82, 2.24) is 14.5 Å². The SMILES string of the molecule is Cn1cc(N(CCO)S(=O)(=O)NC(=O)Cc2c3c(cc4c2CCC4)CCC3)cn1. The van der Waals surface area contributed by atoms with Gasteiger partial charge in [-0.25, -0.2) is 9.03 Å². The van der Waals surface area contributed by atoms with Crippen LogP contribution in [0.2, 0.25) is 0 Å². The molecule has 4 rings (SSSR count). The smallest absolute Gasteiger partial charge is 0.326 e. The summed E-state index contributed by atoms with van der Waals surface area (Å²) in [6, 6.07) is 2.29. The molecule has 0 bridgehead atoms. The van der Waals surface area contributed by atoms with Crippen molar-refractivity contribution in [2.45, 2.75) is 44.9 Å². The fraction of sp³-hybridized carbons (Fsp3) is 0.500. The summed E-state index contributed by atoms with van der Waals surface area (Å²) in [5, 5.41) is 13.3. The van der Waals surface area contributed by atoms with Crippen molar-refractivity contribution in [1.29, 1.82) is 0 Å². The van der Waals surface area contributed by atoms with Gasteiger partial charge in [-0.15, -0.1) is 0 Å².